The van der Waals surface area contributed by atoms with Gasteiger partial charge in [0.25, 0.3) is 0 Å². The molecule has 0 saturated carbocycles. The van der Waals surface area contributed by atoms with Crippen LogP contribution in [0.25, 0.3) is 0 Å². The van der Waals surface area contributed by atoms with Gasteiger partial charge in [-0.05, 0) is 17.7 Å². The molecule has 1 aromatic rings. The van der Waals surface area contributed by atoms with Crippen LogP contribution in [0, 0.1) is 0 Å². The third-order valence-electron chi connectivity index (χ3n) is 2.42. The van der Waals surface area contributed by atoms with Crippen molar-refractivity contribution in [3.63, 3.8) is 0 Å². The molecule has 0 atom stereocenters. The zero-order valence-electron chi connectivity index (χ0n) is 10.7. The summed E-state index contributed by atoms with van der Waals surface area (Å²) in [5.74, 6) is 0.428. The second-order valence-corrected chi connectivity index (χ2v) is 3.66. The lowest BCUT2D eigenvalue weighted by Gasteiger charge is -2.09. The maximum absolute atomic E-state index is 11.6. The average molecular weight is 252 g/mol. The van der Waals surface area contributed by atoms with Crippen molar-refractivity contribution >= 4 is 11.8 Å². The summed E-state index contributed by atoms with van der Waals surface area (Å²) in [5.41, 5.74) is 0.765. The lowest BCUT2D eigenvalue weighted by atomic mass is 10.1. The predicted molar refractivity (Wildman–Crippen MR) is 64.9 cm³/mol. The molecular weight excluding hydrogens is 236 g/mol. The molecule has 0 aliphatic heterocycles. The Balaban J connectivity index is 2.73. The van der Waals surface area contributed by atoms with Crippen LogP contribution in [0.4, 0.5) is 0 Å². The van der Waals surface area contributed by atoms with Gasteiger partial charge in [0.05, 0.1) is 21.3 Å². The first-order valence-corrected chi connectivity index (χ1v) is 5.40. The molecule has 5 heteroatoms. The van der Waals surface area contributed by atoms with Gasteiger partial charge >= 0.3 is 5.97 Å². The number of carbonyl (C=O) groups excluding carboxylic acids is 2. The third kappa shape index (κ3) is 3.76. The minimum absolute atomic E-state index is 0.162. The zero-order valence-corrected chi connectivity index (χ0v) is 10.7. The van der Waals surface area contributed by atoms with Crippen molar-refractivity contribution in [2.75, 3.05) is 21.3 Å². The van der Waals surface area contributed by atoms with E-state index in [2.05, 4.69) is 4.74 Å². The molecule has 0 saturated heterocycles. The number of methoxy groups -OCH3 is 3. The van der Waals surface area contributed by atoms with Gasteiger partial charge in [0, 0.05) is 6.42 Å². The number of hydrogen-bond acceptors (Lipinski definition) is 5. The highest BCUT2D eigenvalue weighted by molar-refractivity contribution is 5.96. The first-order valence-electron chi connectivity index (χ1n) is 5.40. The normalized spacial score (nSPS) is 9.72. The van der Waals surface area contributed by atoms with Gasteiger partial charge in [-0.2, -0.15) is 0 Å². The molecule has 1 rings (SSSR count). The van der Waals surface area contributed by atoms with Crippen LogP contribution in [0.1, 0.15) is 12.0 Å². The standard InChI is InChI=1S/C13H16O5/c1-16-11-5-4-9(7-12(11)17-2)6-10(14)8-13(15)18-3/h4-5,7H,6,8H2,1-3H3. The van der Waals surface area contributed by atoms with Crippen LogP contribution in [0.5, 0.6) is 11.5 Å². The topological polar surface area (TPSA) is 61.8 Å². The number of Topliss-reactive ketones (excluding diaryl/α,β-unsaturated/α-hetero) is 1. The SMILES string of the molecule is COC(=O)CC(=O)Cc1ccc(OC)c(OC)c1. The van der Waals surface area contributed by atoms with Crippen molar-refractivity contribution in [1.82, 2.24) is 0 Å². The van der Waals surface area contributed by atoms with E-state index in [1.807, 2.05) is 0 Å². The van der Waals surface area contributed by atoms with Crippen LogP contribution in [0.2, 0.25) is 0 Å². The molecule has 0 N–H and O–H groups in total. The molecule has 0 aliphatic rings. The van der Waals surface area contributed by atoms with Crippen molar-refractivity contribution in [2.24, 2.45) is 0 Å². The van der Waals surface area contributed by atoms with Crippen LogP contribution >= 0.6 is 0 Å². The molecule has 0 fully saturated rings. The molecule has 0 amide bonds. The minimum atomic E-state index is -0.527. The van der Waals surface area contributed by atoms with E-state index in [1.54, 1.807) is 25.3 Å². The molecule has 0 radical (unpaired) electrons. The maximum atomic E-state index is 11.6. The second kappa shape index (κ2) is 6.64. The van der Waals surface area contributed by atoms with Crippen molar-refractivity contribution < 1.29 is 23.8 Å². The number of esters is 1. The number of hydrogen-bond donors (Lipinski definition) is 0. The predicted octanol–water partition coefficient (Wildman–Crippen LogP) is 1.38. The van der Waals surface area contributed by atoms with Gasteiger partial charge in [-0.1, -0.05) is 6.07 Å². The summed E-state index contributed by atoms with van der Waals surface area (Å²) in [4.78, 5) is 22.5. The maximum Gasteiger partial charge on any atom is 0.313 e. The van der Waals surface area contributed by atoms with E-state index < -0.39 is 5.97 Å². The molecule has 0 aliphatic carbocycles. The molecule has 0 bridgehead atoms. The molecule has 98 valence electrons. The number of carbonyl (C=O) groups is 2. The van der Waals surface area contributed by atoms with Crippen molar-refractivity contribution in [3.05, 3.63) is 23.8 Å². The summed E-state index contributed by atoms with van der Waals surface area (Å²) in [7, 11) is 4.32. The quantitative estimate of drug-likeness (QED) is 0.565. The Morgan fingerprint density at radius 1 is 1.06 bits per heavy atom. The van der Waals surface area contributed by atoms with E-state index in [-0.39, 0.29) is 18.6 Å². The minimum Gasteiger partial charge on any atom is -0.493 e. The van der Waals surface area contributed by atoms with Gasteiger partial charge in [0.2, 0.25) is 0 Å². The zero-order chi connectivity index (χ0) is 13.5. The summed E-state index contributed by atoms with van der Waals surface area (Å²) in [6.07, 6.45) is -0.0553. The van der Waals surface area contributed by atoms with Gasteiger partial charge in [0.1, 0.15) is 12.2 Å². The molecule has 18 heavy (non-hydrogen) atoms. The summed E-state index contributed by atoms with van der Waals surface area (Å²) >= 11 is 0. The number of ether oxygens (including phenoxy) is 3. The van der Waals surface area contributed by atoms with Gasteiger partial charge in [-0.15, -0.1) is 0 Å². The van der Waals surface area contributed by atoms with Crippen LogP contribution < -0.4 is 9.47 Å². The fourth-order valence-corrected chi connectivity index (χ4v) is 1.51. The van der Waals surface area contributed by atoms with Gasteiger partial charge in [-0.25, -0.2) is 0 Å². The second-order valence-electron chi connectivity index (χ2n) is 3.66. The van der Waals surface area contributed by atoms with Crippen LogP contribution in [0.15, 0.2) is 18.2 Å². The Kier molecular flexibility index (Phi) is 5.17. The molecule has 5 nitrogen and oxygen atoms in total. The largest absolute Gasteiger partial charge is 0.493 e. The summed E-state index contributed by atoms with van der Waals surface area (Å²) in [6.45, 7) is 0. The summed E-state index contributed by atoms with van der Waals surface area (Å²) in [5, 5.41) is 0. The Morgan fingerprint density at radius 3 is 2.28 bits per heavy atom. The van der Waals surface area contributed by atoms with Crippen LogP contribution in [0.3, 0.4) is 0 Å². The molecule has 0 heterocycles. The fraction of sp³-hybridized carbons (Fsp3) is 0.385. The third-order valence-corrected chi connectivity index (χ3v) is 2.42. The Morgan fingerprint density at radius 2 is 1.72 bits per heavy atom. The molecule has 1 aromatic carbocycles. The van der Waals surface area contributed by atoms with Crippen molar-refractivity contribution in [1.29, 1.82) is 0 Å². The van der Waals surface area contributed by atoms with E-state index in [1.165, 1.54) is 14.2 Å². The highest BCUT2D eigenvalue weighted by atomic mass is 16.5. The highest BCUT2D eigenvalue weighted by Gasteiger charge is 2.12. The van der Waals surface area contributed by atoms with E-state index in [9.17, 15) is 9.59 Å². The van der Waals surface area contributed by atoms with E-state index >= 15 is 0 Å². The number of rotatable bonds is 6. The monoisotopic (exact) mass is 252 g/mol. The summed E-state index contributed by atoms with van der Waals surface area (Å²) < 4.78 is 14.7. The molecule has 0 unspecified atom stereocenters. The molecule has 0 spiro atoms. The van der Waals surface area contributed by atoms with E-state index in [0.29, 0.717) is 11.5 Å². The molecular formula is C13H16O5. The Labute approximate surface area is 106 Å². The number of benzene rings is 1. The number of ketones is 1. The van der Waals surface area contributed by atoms with E-state index in [4.69, 9.17) is 9.47 Å². The first-order chi connectivity index (χ1) is 8.60. The highest BCUT2D eigenvalue weighted by Crippen LogP contribution is 2.27. The van der Waals surface area contributed by atoms with Crippen LogP contribution in [-0.2, 0) is 20.7 Å². The van der Waals surface area contributed by atoms with Crippen molar-refractivity contribution in [3.8, 4) is 11.5 Å². The van der Waals surface area contributed by atoms with Crippen molar-refractivity contribution in [2.45, 2.75) is 12.8 Å². The van der Waals surface area contributed by atoms with Gasteiger partial charge < -0.3 is 14.2 Å². The average Bonchev–Trinajstić information content (AvgIpc) is 2.38. The Hall–Kier alpha value is -2.04. The smallest absolute Gasteiger partial charge is 0.313 e. The van der Waals surface area contributed by atoms with Crippen LogP contribution in [-0.4, -0.2) is 33.1 Å². The fourth-order valence-electron chi connectivity index (χ4n) is 1.51. The van der Waals surface area contributed by atoms with Gasteiger partial charge in [-0.3, -0.25) is 9.59 Å². The van der Waals surface area contributed by atoms with Gasteiger partial charge in [0.15, 0.2) is 11.5 Å². The lowest BCUT2D eigenvalue weighted by molar-refractivity contribution is -0.143. The molecule has 0 aromatic heterocycles. The first kappa shape index (κ1) is 14.0. The summed E-state index contributed by atoms with van der Waals surface area (Å²) in [6, 6.07) is 5.20. The lowest BCUT2D eigenvalue weighted by Crippen LogP contribution is -2.11. The van der Waals surface area contributed by atoms with E-state index in [0.717, 1.165) is 5.56 Å². The Bertz CT molecular complexity index is 439.